The van der Waals surface area contributed by atoms with Gasteiger partial charge in [0.1, 0.15) is 6.04 Å². The van der Waals surface area contributed by atoms with Crippen molar-refractivity contribution in [3.63, 3.8) is 0 Å². The molecule has 4 aromatic carbocycles. The van der Waals surface area contributed by atoms with Gasteiger partial charge in [-0.1, -0.05) is 109 Å². The number of aliphatic imine (C=N–C) groups is 1. The van der Waals surface area contributed by atoms with Crippen LogP contribution in [0.2, 0.25) is 0 Å². The summed E-state index contributed by atoms with van der Waals surface area (Å²) < 4.78 is 0. The van der Waals surface area contributed by atoms with Crippen molar-refractivity contribution in [1.29, 1.82) is 0 Å². The van der Waals surface area contributed by atoms with Crippen LogP contribution in [0.25, 0.3) is 0 Å². The molecule has 1 fully saturated rings. The lowest BCUT2D eigenvalue weighted by Crippen LogP contribution is -2.39. The molecule has 5 rings (SSSR count). The summed E-state index contributed by atoms with van der Waals surface area (Å²) in [7, 11) is 0. The number of para-hydroxylation sites is 1. The zero-order valence-electron chi connectivity index (χ0n) is 23.0. The number of nitrogens with one attached hydrogen (secondary N) is 1. The number of carbonyl (C=O) groups excluding carboxylic acids is 1. The van der Waals surface area contributed by atoms with E-state index < -0.39 is 12.0 Å². The summed E-state index contributed by atoms with van der Waals surface area (Å²) in [5, 5.41) is 13.3. The zero-order chi connectivity index (χ0) is 28.4. The summed E-state index contributed by atoms with van der Waals surface area (Å²) in [6, 6.07) is 36.0. The van der Waals surface area contributed by atoms with Crippen molar-refractivity contribution in [3.05, 3.63) is 138 Å². The predicted molar refractivity (Wildman–Crippen MR) is 163 cm³/mol. The molecule has 1 aliphatic heterocycles. The number of carboxylic acid groups (broad SMARTS) is 1. The molecule has 0 unspecified atom stereocenters. The van der Waals surface area contributed by atoms with Crippen LogP contribution in [0.15, 0.2) is 120 Å². The molecule has 2 N–H and O–H groups in total. The van der Waals surface area contributed by atoms with Gasteiger partial charge >= 0.3 is 5.97 Å². The number of likely N-dealkylation sites (tertiary alicyclic amines) is 1. The van der Waals surface area contributed by atoms with Crippen LogP contribution in [-0.4, -0.2) is 46.2 Å². The van der Waals surface area contributed by atoms with Crippen molar-refractivity contribution in [2.24, 2.45) is 4.99 Å². The van der Waals surface area contributed by atoms with E-state index in [1.807, 2.05) is 103 Å². The fourth-order valence-electron chi connectivity index (χ4n) is 5.39. The van der Waals surface area contributed by atoms with E-state index in [9.17, 15) is 14.7 Å². The average molecular weight is 546 g/mol. The highest BCUT2D eigenvalue weighted by Gasteiger charge is 2.31. The first kappa shape index (κ1) is 28.0. The number of carboxylic acids is 1. The van der Waals surface area contributed by atoms with Crippen molar-refractivity contribution in [2.75, 3.05) is 11.9 Å². The van der Waals surface area contributed by atoms with Gasteiger partial charge in [-0.2, -0.15) is 0 Å². The number of benzene rings is 4. The van der Waals surface area contributed by atoms with E-state index in [4.69, 9.17) is 4.99 Å². The molecule has 41 heavy (non-hydrogen) atoms. The summed E-state index contributed by atoms with van der Waals surface area (Å²) in [5.74, 6) is -1.03. The molecular formula is C35H35N3O3. The standard InChI is InChI=1S/C35H35N3O3/c39-34(32-21-12-24-38(32)25-27-15-6-2-7-16-27)37-30-20-11-10-19-29(30)33(28-17-8-3-9-18-28)36-31(35(40)41)23-22-26-13-4-1-5-14-26/h1-11,13-20,31-32H,12,21-25H2,(H,37,39)(H,40,41)/t31-,32-/m0/s1. The Morgan fingerprint density at radius 3 is 2.12 bits per heavy atom. The maximum absolute atomic E-state index is 13.6. The van der Waals surface area contributed by atoms with Gasteiger partial charge in [-0.25, -0.2) is 4.79 Å². The number of hydrogen-bond acceptors (Lipinski definition) is 4. The van der Waals surface area contributed by atoms with Crippen molar-refractivity contribution in [2.45, 2.75) is 44.3 Å². The molecule has 4 aromatic rings. The number of anilines is 1. The van der Waals surface area contributed by atoms with E-state index in [1.165, 1.54) is 5.56 Å². The van der Waals surface area contributed by atoms with Crippen LogP contribution in [0.3, 0.4) is 0 Å². The maximum atomic E-state index is 13.6. The Labute approximate surface area is 241 Å². The van der Waals surface area contributed by atoms with Crippen LogP contribution < -0.4 is 5.32 Å². The van der Waals surface area contributed by atoms with E-state index >= 15 is 0 Å². The van der Waals surface area contributed by atoms with Gasteiger partial charge in [0.15, 0.2) is 0 Å². The quantitative estimate of drug-likeness (QED) is 0.220. The highest BCUT2D eigenvalue weighted by molar-refractivity contribution is 6.17. The number of aliphatic carboxylic acids is 1. The molecule has 6 nitrogen and oxygen atoms in total. The first-order valence-corrected chi connectivity index (χ1v) is 14.2. The largest absolute Gasteiger partial charge is 0.480 e. The Kier molecular flexibility index (Phi) is 9.34. The minimum absolute atomic E-state index is 0.0582. The summed E-state index contributed by atoms with van der Waals surface area (Å²) in [6.07, 6.45) is 2.72. The fourth-order valence-corrected chi connectivity index (χ4v) is 5.39. The third-order valence-corrected chi connectivity index (χ3v) is 7.50. The van der Waals surface area contributed by atoms with Crippen molar-refractivity contribution >= 4 is 23.3 Å². The second-order valence-corrected chi connectivity index (χ2v) is 10.4. The molecule has 0 aliphatic carbocycles. The smallest absolute Gasteiger partial charge is 0.328 e. The Morgan fingerprint density at radius 2 is 1.44 bits per heavy atom. The number of rotatable bonds is 11. The molecule has 0 bridgehead atoms. The van der Waals surface area contributed by atoms with Gasteiger partial charge in [0.25, 0.3) is 0 Å². The number of amides is 1. The Balaban J connectivity index is 1.42. The molecule has 1 aliphatic rings. The second-order valence-electron chi connectivity index (χ2n) is 10.4. The third-order valence-electron chi connectivity index (χ3n) is 7.50. The van der Waals surface area contributed by atoms with E-state index in [0.717, 1.165) is 37.1 Å². The SMILES string of the molecule is O=C(O)[C@H](CCc1ccccc1)N=C(c1ccccc1)c1ccccc1NC(=O)[C@@H]1CCCN1Cc1ccccc1. The topological polar surface area (TPSA) is 82.0 Å². The molecule has 0 radical (unpaired) electrons. The van der Waals surface area contributed by atoms with Gasteiger partial charge in [-0.15, -0.1) is 0 Å². The van der Waals surface area contributed by atoms with Crippen LogP contribution in [0.4, 0.5) is 5.69 Å². The number of hydrogen-bond donors (Lipinski definition) is 2. The number of aryl methyl sites for hydroxylation is 1. The number of carbonyl (C=O) groups is 2. The molecule has 2 atom stereocenters. The molecule has 0 saturated carbocycles. The molecule has 0 aromatic heterocycles. The van der Waals surface area contributed by atoms with Crippen molar-refractivity contribution < 1.29 is 14.7 Å². The van der Waals surface area contributed by atoms with Gasteiger partial charge in [0.05, 0.1) is 17.4 Å². The van der Waals surface area contributed by atoms with Crippen LogP contribution in [-0.2, 0) is 22.6 Å². The zero-order valence-corrected chi connectivity index (χ0v) is 23.0. The summed E-state index contributed by atoms with van der Waals surface area (Å²) in [5.41, 5.74) is 4.92. The summed E-state index contributed by atoms with van der Waals surface area (Å²) >= 11 is 0. The molecular weight excluding hydrogens is 510 g/mol. The first-order chi connectivity index (χ1) is 20.1. The minimum Gasteiger partial charge on any atom is -0.480 e. The summed E-state index contributed by atoms with van der Waals surface area (Å²) in [6.45, 7) is 1.59. The molecule has 6 heteroatoms. The van der Waals surface area contributed by atoms with Crippen LogP contribution in [0.1, 0.15) is 41.5 Å². The van der Waals surface area contributed by atoms with Crippen LogP contribution >= 0.6 is 0 Å². The second kappa shape index (κ2) is 13.7. The molecule has 208 valence electrons. The lowest BCUT2D eigenvalue weighted by Gasteiger charge is -2.24. The van der Waals surface area contributed by atoms with E-state index in [2.05, 4.69) is 22.3 Å². The first-order valence-electron chi connectivity index (χ1n) is 14.2. The van der Waals surface area contributed by atoms with Gasteiger partial charge in [-0.05, 0) is 49.4 Å². The maximum Gasteiger partial charge on any atom is 0.328 e. The van der Waals surface area contributed by atoms with Crippen LogP contribution in [0.5, 0.6) is 0 Å². The Bertz CT molecular complexity index is 1470. The van der Waals surface area contributed by atoms with Crippen molar-refractivity contribution in [1.82, 2.24) is 4.90 Å². The minimum atomic E-state index is -0.974. The molecule has 1 amide bonds. The third kappa shape index (κ3) is 7.35. The van der Waals surface area contributed by atoms with Gasteiger partial charge in [-0.3, -0.25) is 14.7 Å². The van der Waals surface area contributed by atoms with Gasteiger partial charge in [0.2, 0.25) is 5.91 Å². The normalized spacial score (nSPS) is 16.3. The van der Waals surface area contributed by atoms with E-state index in [-0.39, 0.29) is 11.9 Å². The highest BCUT2D eigenvalue weighted by Crippen LogP contribution is 2.25. The van der Waals surface area contributed by atoms with Gasteiger partial charge in [0, 0.05) is 17.7 Å². The molecule has 1 heterocycles. The lowest BCUT2D eigenvalue weighted by molar-refractivity contribution is -0.138. The number of nitrogens with zero attached hydrogens (tertiary/aromatic N) is 2. The highest BCUT2D eigenvalue weighted by atomic mass is 16.4. The molecule has 1 saturated heterocycles. The lowest BCUT2D eigenvalue weighted by atomic mass is 9.99. The van der Waals surface area contributed by atoms with E-state index in [0.29, 0.717) is 29.8 Å². The average Bonchev–Trinajstić information content (AvgIpc) is 3.47. The summed E-state index contributed by atoms with van der Waals surface area (Å²) in [4.78, 5) is 33.0. The van der Waals surface area contributed by atoms with Crippen LogP contribution in [0, 0.1) is 0 Å². The monoisotopic (exact) mass is 545 g/mol. The Hall–Kier alpha value is -4.55. The predicted octanol–water partition coefficient (Wildman–Crippen LogP) is 6.21. The van der Waals surface area contributed by atoms with Crippen molar-refractivity contribution in [3.8, 4) is 0 Å². The fraction of sp³-hybridized carbons (Fsp3) is 0.229. The van der Waals surface area contributed by atoms with Gasteiger partial charge < -0.3 is 10.4 Å². The Morgan fingerprint density at radius 1 is 0.829 bits per heavy atom. The molecule has 0 spiro atoms. The van der Waals surface area contributed by atoms with E-state index in [1.54, 1.807) is 0 Å².